The first-order valence-corrected chi connectivity index (χ1v) is 6.93. The van der Waals surface area contributed by atoms with Crippen molar-refractivity contribution in [3.05, 3.63) is 16.9 Å². The molecule has 0 bridgehead atoms. The Morgan fingerprint density at radius 2 is 1.94 bits per heavy atom. The summed E-state index contributed by atoms with van der Waals surface area (Å²) in [6.45, 7) is 0.280. The second-order valence-electron chi connectivity index (χ2n) is 3.25. The molecular formula is C8H13BrN4O2S. The van der Waals surface area contributed by atoms with E-state index >= 15 is 0 Å². The van der Waals surface area contributed by atoms with Gasteiger partial charge >= 0.3 is 0 Å². The molecule has 90 valence electrons. The van der Waals surface area contributed by atoms with Gasteiger partial charge in [-0.05, 0) is 15.9 Å². The van der Waals surface area contributed by atoms with Gasteiger partial charge in [-0.1, -0.05) is 0 Å². The van der Waals surface area contributed by atoms with Crippen LogP contribution in [0.5, 0.6) is 0 Å². The average Bonchev–Trinajstić information content (AvgIpc) is 2.20. The number of nitrogens with zero attached hydrogens (tertiary/aromatic N) is 3. The quantitative estimate of drug-likeness (QED) is 0.859. The van der Waals surface area contributed by atoms with Crippen molar-refractivity contribution >= 4 is 31.9 Å². The van der Waals surface area contributed by atoms with Crippen LogP contribution in [0.15, 0.2) is 16.9 Å². The minimum atomic E-state index is -3.17. The Morgan fingerprint density at radius 3 is 2.44 bits per heavy atom. The molecule has 1 aromatic rings. The molecule has 0 aliphatic carbocycles. The van der Waals surface area contributed by atoms with E-state index in [1.54, 1.807) is 12.4 Å². The lowest BCUT2D eigenvalue weighted by molar-refractivity contribution is 0.521. The molecule has 6 nitrogen and oxygen atoms in total. The van der Waals surface area contributed by atoms with E-state index in [2.05, 4.69) is 31.2 Å². The number of nitrogens with one attached hydrogen (secondary N) is 1. The summed E-state index contributed by atoms with van der Waals surface area (Å²) in [6.07, 6.45) is 3.19. The molecule has 1 rings (SSSR count). The van der Waals surface area contributed by atoms with Crippen molar-refractivity contribution in [3.63, 3.8) is 0 Å². The third-order valence-electron chi connectivity index (χ3n) is 1.82. The number of hydrogen-bond donors (Lipinski definition) is 1. The number of rotatable bonds is 5. The highest BCUT2D eigenvalue weighted by atomic mass is 79.9. The van der Waals surface area contributed by atoms with Gasteiger partial charge in [-0.2, -0.15) is 0 Å². The van der Waals surface area contributed by atoms with E-state index in [4.69, 9.17) is 0 Å². The predicted molar refractivity (Wildman–Crippen MR) is 65.7 cm³/mol. The molecule has 0 aliphatic heterocycles. The number of halogens is 1. The van der Waals surface area contributed by atoms with Crippen LogP contribution in [-0.2, 0) is 10.0 Å². The van der Waals surface area contributed by atoms with Crippen molar-refractivity contribution in [2.75, 3.05) is 31.7 Å². The fraction of sp³-hybridized carbons (Fsp3) is 0.500. The lowest BCUT2D eigenvalue weighted by Gasteiger charge is -2.11. The van der Waals surface area contributed by atoms with E-state index in [0.717, 1.165) is 4.47 Å². The van der Waals surface area contributed by atoms with E-state index in [1.807, 2.05) is 0 Å². The summed E-state index contributed by atoms with van der Waals surface area (Å²) in [5, 5.41) is 2.83. The summed E-state index contributed by atoms with van der Waals surface area (Å²) in [7, 11) is -0.160. The third kappa shape index (κ3) is 4.03. The molecule has 1 heterocycles. The van der Waals surface area contributed by atoms with Crippen molar-refractivity contribution in [1.82, 2.24) is 14.3 Å². The fourth-order valence-corrected chi connectivity index (χ4v) is 1.81. The van der Waals surface area contributed by atoms with Crippen molar-refractivity contribution < 1.29 is 8.42 Å². The van der Waals surface area contributed by atoms with Crippen molar-refractivity contribution in [1.29, 1.82) is 0 Å². The second kappa shape index (κ2) is 5.55. The first-order chi connectivity index (χ1) is 7.42. The SMILES string of the molecule is CN(C)S(=O)(=O)CCNc1ncc(Br)cn1. The van der Waals surface area contributed by atoms with Gasteiger partial charge < -0.3 is 5.32 Å². The molecule has 0 amide bonds. The molecule has 0 saturated heterocycles. The Kier molecular flexibility index (Phi) is 4.63. The van der Waals surface area contributed by atoms with Crippen LogP contribution in [0.1, 0.15) is 0 Å². The van der Waals surface area contributed by atoms with Gasteiger partial charge in [-0.3, -0.25) is 0 Å². The van der Waals surface area contributed by atoms with E-state index < -0.39 is 10.0 Å². The van der Waals surface area contributed by atoms with Crippen LogP contribution in [0.3, 0.4) is 0 Å². The van der Waals surface area contributed by atoms with Crippen molar-refractivity contribution in [2.45, 2.75) is 0 Å². The van der Waals surface area contributed by atoms with Crippen LogP contribution in [0.2, 0.25) is 0 Å². The van der Waals surface area contributed by atoms with Gasteiger partial charge in [0.05, 0.1) is 10.2 Å². The summed E-state index contributed by atoms with van der Waals surface area (Å²) in [5.41, 5.74) is 0. The van der Waals surface area contributed by atoms with Crippen LogP contribution in [0.4, 0.5) is 5.95 Å². The average molecular weight is 309 g/mol. The lowest BCUT2D eigenvalue weighted by Crippen LogP contribution is -2.28. The first kappa shape index (κ1) is 13.3. The van der Waals surface area contributed by atoms with Gasteiger partial charge in [0.2, 0.25) is 16.0 Å². The van der Waals surface area contributed by atoms with Gasteiger partial charge in [-0.25, -0.2) is 22.7 Å². The van der Waals surface area contributed by atoms with Crippen LogP contribution in [0.25, 0.3) is 0 Å². The van der Waals surface area contributed by atoms with Crippen molar-refractivity contribution in [2.24, 2.45) is 0 Å². The Balaban J connectivity index is 2.45. The molecule has 16 heavy (non-hydrogen) atoms. The van der Waals surface area contributed by atoms with Crippen LogP contribution < -0.4 is 5.32 Å². The maximum absolute atomic E-state index is 11.4. The van der Waals surface area contributed by atoms with E-state index in [-0.39, 0.29) is 12.3 Å². The molecular weight excluding hydrogens is 296 g/mol. The first-order valence-electron chi connectivity index (χ1n) is 4.53. The second-order valence-corrected chi connectivity index (χ2v) is 6.47. The van der Waals surface area contributed by atoms with Crippen LogP contribution in [0, 0.1) is 0 Å². The molecule has 1 N–H and O–H groups in total. The summed E-state index contributed by atoms with van der Waals surface area (Å²) in [6, 6.07) is 0. The number of sulfonamides is 1. The largest absolute Gasteiger partial charge is 0.353 e. The lowest BCUT2D eigenvalue weighted by atomic mass is 10.6. The Hall–Kier alpha value is -0.730. The molecule has 0 fully saturated rings. The molecule has 0 unspecified atom stereocenters. The Labute approximate surface area is 103 Å². The number of aromatic nitrogens is 2. The highest BCUT2D eigenvalue weighted by molar-refractivity contribution is 9.10. The predicted octanol–water partition coefficient (Wildman–Crippen LogP) is 0.542. The van der Waals surface area contributed by atoms with Gasteiger partial charge in [0.25, 0.3) is 0 Å². The molecule has 0 spiro atoms. The summed E-state index contributed by atoms with van der Waals surface area (Å²) in [5.74, 6) is 0.427. The molecule has 0 saturated carbocycles. The number of anilines is 1. The highest BCUT2D eigenvalue weighted by Crippen LogP contribution is 2.06. The van der Waals surface area contributed by atoms with Gasteiger partial charge in [0.15, 0.2) is 0 Å². The normalized spacial score (nSPS) is 11.8. The van der Waals surface area contributed by atoms with E-state index in [9.17, 15) is 8.42 Å². The van der Waals surface area contributed by atoms with E-state index in [0.29, 0.717) is 5.95 Å². The summed E-state index contributed by atoms with van der Waals surface area (Å²) < 4.78 is 24.8. The van der Waals surface area contributed by atoms with Gasteiger partial charge in [0.1, 0.15) is 0 Å². The number of hydrogen-bond acceptors (Lipinski definition) is 5. The van der Waals surface area contributed by atoms with Crippen LogP contribution in [-0.4, -0.2) is 49.1 Å². The zero-order valence-corrected chi connectivity index (χ0v) is 11.4. The maximum Gasteiger partial charge on any atom is 0.222 e. The zero-order chi connectivity index (χ0) is 12.2. The fourth-order valence-electron chi connectivity index (χ4n) is 0.878. The van der Waals surface area contributed by atoms with Crippen molar-refractivity contribution in [3.8, 4) is 0 Å². The maximum atomic E-state index is 11.4. The Morgan fingerprint density at radius 1 is 1.38 bits per heavy atom. The van der Waals surface area contributed by atoms with Gasteiger partial charge in [-0.15, -0.1) is 0 Å². The standard InChI is InChI=1S/C8H13BrN4O2S/c1-13(2)16(14,15)4-3-10-8-11-5-7(9)6-12-8/h5-6H,3-4H2,1-2H3,(H,10,11,12). The summed E-state index contributed by atoms with van der Waals surface area (Å²) in [4.78, 5) is 7.93. The minimum absolute atomic E-state index is 0.0133. The van der Waals surface area contributed by atoms with E-state index in [1.165, 1.54) is 18.4 Å². The molecule has 0 aliphatic rings. The zero-order valence-electron chi connectivity index (χ0n) is 9.01. The molecule has 1 aromatic heterocycles. The molecule has 0 aromatic carbocycles. The highest BCUT2D eigenvalue weighted by Gasteiger charge is 2.12. The molecule has 0 radical (unpaired) electrons. The molecule has 8 heteroatoms. The van der Waals surface area contributed by atoms with Crippen LogP contribution >= 0.6 is 15.9 Å². The smallest absolute Gasteiger partial charge is 0.222 e. The topological polar surface area (TPSA) is 75.2 Å². The monoisotopic (exact) mass is 308 g/mol. The summed E-state index contributed by atoms with van der Waals surface area (Å²) >= 11 is 3.21. The van der Waals surface area contributed by atoms with Gasteiger partial charge in [0, 0.05) is 33.0 Å². The third-order valence-corrected chi connectivity index (χ3v) is 4.06. The molecule has 0 atom stereocenters. The Bertz CT molecular complexity index is 432. The minimum Gasteiger partial charge on any atom is -0.353 e.